The predicted molar refractivity (Wildman–Crippen MR) is 99.1 cm³/mol. The lowest BCUT2D eigenvalue weighted by atomic mass is 9.84. The summed E-state index contributed by atoms with van der Waals surface area (Å²) in [6.07, 6.45) is 2.02. The minimum Gasteiger partial charge on any atom is -0.357 e. The van der Waals surface area contributed by atoms with Gasteiger partial charge in [0.1, 0.15) is 5.82 Å². The second-order valence-corrected chi connectivity index (χ2v) is 7.05. The highest BCUT2D eigenvalue weighted by atomic mass is 19.1. The summed E-state index contributed by atoms with van der Waals surface area (Å²) in [5, 5.41) is 9.30. The Bertz CT molecular complexity index is 611. The van der Waals surface area contributed by atoms with Gasteiger partial charge in [0.2, 0.25) is 5.91 Å². The fourth-order valence-electron chi connectivity index (χ4n) is 2.57. The molecule has 1 aromatic rings. The van der Waals surface area contributed by atoms with E-state index >= 15 is 0 Å². The van der Waals surface area contributed by atoms with Gasteiger partial charge in [-0.1, -0.05) is 32.0 Å². The van der Waals surface area contributed by atoms with E-state index in [4.69, 9.17) is 0 Å². The van der Waals surface area contributed by atoms with Crippen LogP contribution in [0.5, 0.6) is 0 Å². The van der Waals surface area contributed by atoms with E-state index < -0.39 is 5.41 Å². The van der Waals surface area contributed by atoms with Crippen molar-refractivity contribution in [3.63, 3.8) is 0 Å². The molecule has 0 atom stereocenters. The van der Waals surface area contributed by atoms with Gasteiger partial charge in [-0.05, 0) is 31.4 Å². The Hall–Kier alpha value is -2.11. The van der Waals surface area contributed by atoms with Crippen molar-refractivity contribution >= 4 is 11.9 Å². The maximum atomic E-state index is 14.0. The zero-order valence-electron chi connectivity index (χ0n) is 15.4. The Morgan fingerprint density at radius 3 is 2.52 bits per heavy atom. The predicted octanol–water partition coefficient (Wildman–Crippen LogP) is 2.18. The van der Waals surface area contributed by atoms with Crippen LogP contribution in [0.1, 0.15) is 39.2 Å². The van der Waals surface area contributed by atoms with Gasteiger partial charge in [0.25, 0.3) is 0 Å². The van der Waals surface area contributed by atoms with Gasteiger partial charge >= 0.3 is 0 Å². The number of carbonyl (C=O) groups is 1. The standard InChI is InChI=1S/C19H29FN4O/c1-4-21-18(23-12-11-22-17(25)14-9-10-14)24-13-19(2,3)15-7-5-6-8-16(15)20/h5-8,14H,4,9-13H2,1-3H3,(H,22,25)(H2,21,23,24). The third kappa shape index (κ3) is 6.03. The Labute approximate surface area is 149 Å². The Balaban J connectivity index is 1.87. The van der Waals surface area contributed by atoms with Crippen molar-refractivity contribution in [2.24, 2.45) is 10.9 Å². The first-order valence-corrected chi connectivity index (χ1v) is 8.99. The van der Waals surface area contributed by atoms with E-state index in [9.17, 15) is 9.18 Å². The van der Waals surface area contributed by atoms with Crippen LogP contribution in [0.4, 0.5) is 4.39 Å². The van der Waals surface area contributed by atoms with E-state index in [-0.39, 0.29) is 17.6 Å². The molecule has 2 rings (SSSR count). The summed E-state index contributed by atoms with van der Waals surface area (Å²) >= 11 is 0. The lowest BCUT2D eigenvalue weighted by Gasteiger charge is -2.24. The Morgan fingerprint density at radius 1 is 1.20 bits per heavy atom. The lowest BCUT2D eigenvalue weighted by Crippen LogP contribution is -2.42. The van der Waals surface area contributed by atoms with E-state index in [0.29, 0.717) is 31.2 Å². The van der Waals surface area contributed by atoms with E-state index in [1.165, 1.54) is 6.07 Å². The van der Waals surface area contributed by atoms with Crippen LogP contribution in [0.15, 0.2) is 29.3 Å². The molecular weight excluding hydrogens is 319 g/mol. The third-order valence-electron chi connectivity index (χ3n) is 4.24. The van der Waals surface area contributed by atoms with E-state index in [2.05, 4.69) is 20.9 Å². The molecule has 6 heteroatoms. The molecular formula is C19H29FN4O. The first kappa shape index (κ1) is 19.2. The average molecular weight is 348 g/mol. The van der Waals surface area contributed by atoms with Crippen molar-refractivity contribution < 1.29 is 9.18 Å². The zero-order valence-corrected chi connectivity index (χ0v) is 15.4. The number of guanidine groups is 1. The molecule has 0 unspecified atom stereocenters. The van der Waals surface area contributed by atoms with Gasteiger partial charge in [-0.2, -0.15) is 0 Å². The van der Waals surface area contributed by atoms with Crippen LogP contribution < -0.4 is 16.0 Å². The minimum absolute atomic E-state index is 0.143. The molecule has 0 heterocycles. The summed E-state index contributed by atoms with van der Waals surface area (Å²) in [6, 6.07) is 6.82. The number of amides is 1. The molecule has 0 spiro atoms. The molecule has 1 amide bonds. The molecule has 1 saturated carbocycles. The summed E-state index contributed by atoms with van der Waals surface area (Å²) in [6.45, 7) is 8.32. The SMILES string of the molecule is CCNC(=NCC(C)(C)c1ccccc1F)NCCNC(=O)C1CC1. The van der Waals surface area contributed by atoms with Crippen molar-refractivity contribution in [1.82, 2.24) is 16.0 Å². The smallest absolute Gasteiger partial charge is 0.223 e. The largest absolute Gasteiger partial charge is 0.357 e. The number of carbonyl (C=O) groups excluding carboxylic acids is 1. The molecule has 25 heavy (non-hydrogen) atoms. The van der Waals surface area contributed by atoms with Gasteiger partial charge in [0.15, 0.2) is 5.96 Å². The van der Waals surface area contributed by atoms with Crippen LogP contribution >= 0.6 is 0 Å². The van der Waals surface area contributed by atoms with Gasteiger partial charge in [-0.15, -0.1) is 0 Å². The van der Waals surface area contributed by atoms with Gasteiger partial charge in [-0.25, -0.2) is 4.39 Å². The molecule has 1 aromatic carbocycles. The number of hydrogen-bond acceptors (Lipinski definition) is 2. The molecule has 5 nitrogen and oxygen atoms in total. The average Bonchev–Trinajstić information content (AvgIpc) is 3.41. The number of nitrogens with zero attached hydrogens (tertiary/aromatic N) is 1. The number of rotatable bonds is 8. The van der Waals surface area contributed by atoms with Crippen LogP contribution in [0, 0.1) is 11.7 Å². The highest BCUT2D eigenvalue weighted by Crippen LogP contribution is 2.28. The zero-order chi connectivity index (χ0) is 18.3. The Morgan fingerprint density at radius 2 is 1.88 bits per heavy atom. The molecule has 0 aliphatic heterocycles. The fourth-order valence-corrected chi connectivity index (χ4v) is 2.57. The molecule has 0 saturated heterocycles. The van der Waals surface area contributed by atoms with E-state index in [1.54, 1.807) is 12.1 Å². The van der Waals surface area contributed by atoms with Crippen molar-refractivity contribution in [2.45, 2.75) is 39.0 Å². The number of hydrogen-bond donors (Lipinski definition) is 3. The third-order valence-corrected chi connectivity index (χ3v) is 4.24. The topological polar surface area (TPSA) is 65.5 Å². The van der Waals surface area contributed by atoms with Gasteiger partial charge in [0.05, 0.1) is 6.54 Å². The Kier molecular flexibility index (Phi) is 6.79. The van der Waals surface area contributed by atoms with Crippen molar-refractivity contribution in [1.29, 1.82) is 0 Å². The summed E-state index contributed by atoms with van der Waals surface area (Å²) < 4.78 is 14.0. The maximum Gasteiger partial charge on any atom is 0.223 e. The number of halogens is 1. The first-order chi connectivity index (χ1) is 11.9. The first-order valence-electron chi connectivity index (χ1n) is 8.99. The van der Waals surface area contributed by atoms with Crippen molar-refractivity contribution in [3.8, 4) is 0 Å². The lowest BCUT2D eigenvalue weighted by molar-refractivity contribution is -0.122. The molecule has 1 aliphatic carbocycles. The molecule has 138 valence electrons. The molecule has 1 fully saturated rings. The van der Waals surface area contributed by atoms with Gasteiger partial charge in [0, 0.05) is 31.0 Å². The van der Waals surface area contributed by atoms with Crippen molar-refractivity contribution in [2.75, 3.05) is 26.2 Å². The minimum atomic E-state index is -0.409. The van der Waals surface area contributed by atoms with Crippen LogP contribution in [0.2, 0.25) is 0 Å². The van der Waals surface area contributed by atoms with Gasteiger partial charge in [-0.3, -0.25) is 9.79 Å². The van der Waals surface area contributed by atoms with Crippen LogP contribution in [-0.2, 0) is 10.2 Å². The molecule has 0 bridgehead atoms. The number of aliphatic imine (C=N–C) groups is 1. The highest BCUT2D eigenvalue weighted by molar-refractivity contribution is 5.81. The fraction of sp³-hybridized carbons (Fsp3) is 0.579. The summed E-state index contributed by atoms with van der Waals surface area (Å²) in [7, 11) is 0. The van der Waals surface area contributed by atoms with Crippen LogP contribution in [0.3, 0.4) is 0 Å². The van der Waals surface area contributed by atoms with Crippen LogP contribution in [-0.4, -0.2) is 38.0 Å². The van der Waals surface area contributed by atoms with E-state index in [1.807, 2.05) is 26.8 Å². The summed E-state index contributed by atoms with van der Waals surface area (Å²) in [5.74, 6) is 0.837. The second-order valence-electron chi connectivity index (χ2n) is 7.05. The molecule has 0 aromatic heterocycles. The van der Waals surface area contributed by atoms with E-state index in [0.717, 1.165) is 19.4 Å². The summed E-state index contributed by atoms with van der Waals surface area (Å²) in [5.41, 5.74) is 0.250. The maximum absolute atomic E-state index is 14.0. The highest BCUT2D eigenvalue weighted by Gasteiger charge is 2.29. The molecule has 0 radical (unpaired) electrons. The van der Waals surface area contributed by atoms with Crippen LogP contribution in [0.25, 0.3) is 0 Å². The molecule has 1 aliphatic rings. The molecule has 3 N–H and O–H groups in total. The summed E-state index contributed by atoms with van der Waals surface area (Å²) in [4.78, 5) is 16.2. The number of nitrogens with one attached hydrogen (secondary N) is 3. The monoisotopic (exact) mass is 348 g/mol. The van der Waals surface area contributed by atoms with Gasteiger partial charge < -0.3 is 16.0 Å². The van der Waals surface area contributed by atoms with Crippen molar-refractivity contribution in [3.05, 3.63) is 35.6 Å². The second kappa shape index (κ2) is 8.83. The number of benzene rings is 1. The normalized spacial score (nSPS) is 15.0. The quantitative estimate of drug-likeness (QED) is 0.383.